The molecule has 0 saturated carbocycles. The molecule has 1 atom stereocenters. The van der Waals surface area contributed by atoms with Gasteiger partial charge in [0.1, 0.15) is 6.34 Å². The van der Waals surface area contributed by atoms with Crippen molar-refractivity contribution in [2.45, 2.75) is 32.2 Å². The van der Waals surface area contributed by atoms with E-state index in [1.807, 2.05) is 6.92 Å². The van der Waals surface area contributed by atoms with Crippen LogP contribution in [0.4, 0.5) is 4.79 Å². The number of hydrazone groups is 1. The van der Waals surface area contributed by atoms with E-state index in [0.717, 1.165) is 24.2 Å². The summed E-state index contributed by atoms with van der Waals surface area (Å²) >= 11 is 0. The molecule has 0 aliphatic carbocycles. The summed E-state index contributed by atoms with van der Waals surface area (Å²) in [6.45, 7) is 2.52. The SMILES string of the molecule is CCCCOC(=O)NN=CNOCC[C@H](N)C(=O)N(C)OC. The molecule has 0 aromatic carbocycles. The molecule has 0 aliphatic rings. The molecule has 0 spiro atoms. The Morgan fingerprint density at radius 3 is 2.77 bits per heavy atom. The van der Waals surface area contributed by atoms with E-state index in [-0.39, 0.29) is 12.5 Å². The molecule has 10 heteroatoms. The van der Waals surface area contributed by atoms with Crippen LogP contribution in [-0.4, -0.2) is 56.8 Å². The zero-order valence-corrected chi connectivity index (χ0v) is 13.2. The molecule has 0 rings (SSSR count). The van der Waals surface area contributed by atoms with Gasteiger partial charge in [-0.15, -0.1) is 0 Å². The third-order valence-electron chi connectivity index (χ3n) is 2.52. The van der Waals surface area contributed by atoms with Crippen LogP contribution in [0.2, 0.25) is 0 Å². The predicted octanol–water partition coefficient (Wildman–Crippen LogP) is -0.286. The molecule has 0 radical (unpaired) electrons. The topological polar surface area (TPSA) is 128 Å². The number of nitrogens with one attached hydrogen (secondary N) is 2. The first-order valence-electron chi connectivity index (χ1n) is 6.91. The van der Waals surface area contributed by atoms with Crippen molar-refractivity contribution in [3.63, 3.8) is 0 Å². The molecule has 0 heterocycles. The number of rotatable bonds is 11. The molecule has 22 heavy (non-hydrogen) atoms. The van der Waals surface area contributed by atoms with Gasteiger partial charge in [0, 0.05) is 7.05 Å². The van der Waals surface area contributed by atoms with Crippen LogP contribution in [0.1, 0.15) is 26.2 Å². The Morgan fingerprint density at radius 2 is 2.14 bits per heavy atom. The average molecular weight is 319 g/mol. The van der Waals surface area contributed by atoms with Crippen molar-refractivity contribution in [3.05, 3.63) is 0 Å². The van der Waals surface area contributed by atoms with Crippen LogP contribution in [0.15, 0.2) is 5.10 Å². The Kier molecular flexibility index (Phi) is 11.7. The minimum absolute atomic E-state index is 0.178. The van der Waals surface area contributed by atoms with Crippen molar-refractivity contribution in [1.29, 1.82) is 0 Å². The van der Waals surface area contributed by atoms with Crippen LogP contribution < -0.4 is 16.6 Å². The van der Waals surface area contributed by atoms with Crippen molar-refractivity contribution in [1.82, 2.24) is 16.0 Å². The molecule has 128 valence electrons. The zero-order chi connectivity index (χ0) is 16.8. The fourth-order valence-electron chi connectivity index (χ4n) is 1.18. The number of nitrogens with two attached hydrogens (primary N) is 1. The van der Waals surface area contributed by atoms with Gasteiger partial charge in [-0.05, 0) is 12.8 Å². The van der Waals surface area contributed by atoms with E-state index in [0.29, 0.717) is 13.0 Å². The van der Waals surface area contributed by atoms with Crippen LogP contribution in [-0.2, 0) is 19.2 Å². The van der Waals surface area contributed by atoms with Crippen molar-refractivity contribution in [2.75, 3.05) is 27.4 Å². The van der Waals surface area contributed by atoms with Crippen molar-refractivity contribution < 1.29 is 24.0 Å². The number of ether oxygens (including phenoxy) is 1. The van der Waals surface area contributed by atoms with E-state index in [1.165, 1.54) is 14.2 Å². The quantitative estimate of drug-likeness (QED) is 0.207. The highest BCUT2D eigenvalue weighted by atomic mass is 16.7. The van der Waals surface area contributed by atoms with Crippen LogP contribution in [0.3, 0.4) is 0 Å². The first-order chi connectivity index (χ1) is 10.5. The summed E-state index contributed by atoms with van der Waals surface area (Å²) in [5.41, 5.74) is 10.2. The number of likely N-dealkylation sites (N-methyl/N-ethyl adjacent to an activating group) is 1. The lowest BCUT2D eigenvalue weighted by atomic mass is 10.2. The molecule has 0 fully saturated rings. The molecule has 0 aliphatic heterocycles. The summed E-state index contributed by atoms with van der Waals surface area (Å²) in [5, 5.41) is 4.58. The molecule has 10 nitrogen and oxygen atoms in total. The lowest BCUT2D eigenvalue weighted by molar-refractivity contribution is -0.170. The Labute approximate surface area is 129 Å². The number of unbranched alkanes of at least 4 members (excludes halogenated alkanes) is 1. The summed E-state index contributed by atoms with van der Waals surface area (Å²) in [5.74, 6) is -0.351. The monoisotopic (exact) mass is 319 g/mol. The van der Waals surface area contributed by atoms with E-state index in [1.54, 1.807) is 0 Å². The zero-order valence-electron chi connectivity index (χ0n) is 13.2. The highest BCUT2D eigenvalue weighted by molar-refractivity contribution is 5.80. The molecule has 0 bridgehead atoms. The average Bonchev–Trinajstić information content (AvgIpc) is 2.52. The highest BCUT2D eigenvalue weighted by Crippen LogP contribution is 1.95. The van der Waals surface area contributed by atoms with Gasteiger partial charge in [0.25, 0.3) is 5.91 Å². The smallest absolute Gasteiger partial charge is 0.427 e. The predicted molar refractivity (Wildman–Crippen MR) is 79.3 cm³/mol. The molecule has 0 aromatic heterocycles. The second-order valence-corrected chi connectivity index (χ2v) is 4.24. The Hall–Kier alpha value is -1.91. The number of amides is 2. The normalized spacial score (nSPS) is 12.0. The molecule has 0 unspecified atom stereocenters. The first kappa shape index (κ1) is 20.1. The number of nitrogens with zero attached hydrogens (tertiary/aromatic N) is 2. The molecule has 0 aromatic rings. The standard InChI is InChI=1S/C12H25N5O5/c1-4-5-7-21-12(19)16-14-9-15-22-8-6-10(13)11(18)17(2)20-3/h9-10H,4-8,13H2,1-3H3,(H,14,15)(H,16,19)/t10-/m0/s1. The molecular weight excluding hydrogens is 294 g/mol. The molecule has 2 amide bonds. The number of hydrogen-bond donors (Lipinski definition) is 3. The summed E-state index contributed by atoms with van der Waals surface area (Å²) in [6.07, 6.45) is 2.53. The van der Waals surface area contributed by atoms with Crippen molar-refractivity contribution >= 4 is 18.3 Å². The fourth-order valence-corrected chi connectivity index (χ4v) is 1.18. The Morgan fingerprint density at radius 1 is 1.41 bits per heavy atom. The van der Waals surface area contributed by atoms with Gasteiger partial charge < -0.3 is 10.5 Å². The Balaban J connectivity index is 3.62. The van der Waals surface area contributed by atoms with Crippen LogP contribution in [0, 0.1) is 0 Å². The van der Waals surface area contributed by atoms with E-state index >= 15 is 0 Å². The third kappa shape index (κ3) is 9.91. The van der Waals surface area contributed by atoms with Crippen LogP contribution in [0.5, 0.6) is 0 Å². The maximum atomic E-state index is 11.5. The maximum absolute atomic E-state index is 11.5. The minimum Gasteiger partial charge on any atom is -0.448 e. The van der Waals surface area contributed by atoms with Crippen molar-refractivity contribution in [3.8, 4) is 0 Å². The fraction of sp³-hybridized carbons (Fsp3) is 0.750. The second kappa shape index (κ2) is 12.8. The number of hydrogen-bond acceptors (Lipinski definition) is 7. The molecular formula is C12H25N5O5. The minimum atomic E-state index is -0.727. The van der Waals surface area contributed by atoms with E-state index in [2.05, 4.69) is 16.0 Å². The third-order valence-corrected chi connectivity index (χ3v) is 2.52. The van der Waals surface area contributed by atoms with Gasteiger partial charge >= 0.3 is 6.09 Å². The van der Waals surface area contributed by atoms with Gasteiger partial charge in [-0.1, -0.05) is 13.3 Å². The van der Waals surface area contributed by atoms with Crippen LogP contribution >= 0.6 is 0 Å². The summed E-state index contributed by atoms with van der Waals surface area (Å²) in [6, 6.07) is -0.727. The number of hydroxylamine groups is 3. The van der Waals surface area contributed by atoms with Gasteiger partial charge in [0.2, 0.25) is 0 Å². The molecule has 4 N–H and O–H groups in total. The van der Waals surface area contributed by atoms with E-state index in [9.17, 15) is 9.59 Å². The van der Waals surface area contributed by atoms with Gasteiger partial charge in [0.05, 0.1) is 26.4 Å². The van der Waals surface area contributed by atoms with Crippen LogP contribution in [0.25, 0.3) is 0 Å². The summed E-state index contributed by atoms with van der Waals surface area (Å²) in [4.78, 5) is 32.3. The first-order valence-corrected chi connectivity index (χ1v) is 6.91. The summed E-state index contributed by atoms with van der Waals surface area (Å²) in [7, 11) is 2.85. The van der Waals surface area contributed by atoms with Gasteiger partial charge in [0.15, 0.2) is 0 Å². The Bertz CT molecular complexity index is 353. The lowest BCUT2D eigenvalue weighted by Crippen LogP contribution is -2.42. The highest BCUT2D eigenvalue weighted by Gasteiger charge is 2.17. The number of carbonyl (C=O) groups is 2. The van der Waals surface area contributed by atoms with Crippen molar-refractivity contribution in [2.24, 2.45) is 10.8 Å². The lowest BCUT2D eigenvalue weighted by Gasteiger charge is -2.18. The maximum Gasteiger partial charge on any atom is 0.427 e. The largest absolute Gasteiger partial charge is 0.448 e. The van der Waals surface area contributed by atoms with Gasteiger partial charge in [-0.2, -0.15) is 5.10 Å². The second-order valence-electron chi connectivity index (χ2n) is 4.24. The van der Waals surface area contributed by atoms with Gasteiger partial charge in [-0.3, -0.25) is 19.9 Å². The molecule has 0 saturated heterocycles. The van der Waals surface area contributed by atoms with E-state index < -0.39 is 12.1 Å². The van der Waals surface area contributed by atoms with Gasteiger partial charge in [-0.25, -0.2) is 15.3 Å². The van der Waals surface area contributed by atoms with E-state index in [4.69, 9.17) is 20.1 Å². The summed E-state index contributed by atoms with van der Waals surface area (Å²) < 4.78 is 4.80. The number of carbonyl (C=O) groups excluding carboxylic acids is 2.